The van der Waals surface area contributed by atoms with Gasteiger partial charge in [0.15, 0.2) is 23.4 Å². The van der Waals surface area contributed by atoms with Crippen molar-refractivity contribution in [2.45, 2.75) is 26.4 Å². The van der Waals surface area contributed by atoms with Gasteiger partial charge in [0.05, 0.1) is 30.8 Å². The van der Waals surface area contributed by atoms with Gasteiger partial charge in [-0.25, -0.2) is 9.78 Å². The highest BCUT2D eigenvalue weighted by atomic mass is 16.6. The minimum Gasteiger partial charge on any atom is -0.493 e. The number of carbonyl (C=O) groups excluding carboxylic acids is 1. The second-order valence-corrected chi connectivity index (χ2v) is 9.18. The molecule has 5 aromatic rings. The van der Waals surface area contributed by atoms with Gasteiger partial charge in [0.25, 0.3) is 5.56 Å². The van der Waals surface area contributed by atoms with Crippen LogP contribution in [0.2, 0.25) is 0 Å². The van der Waals surface area contributed by atoms with Crippen LogP contribution in [0.3, 0.4) is 0 Å². The van der Waals surface area contributed by atoms with Crippen LogP contribution in [0.5, 0.6) is 11.5 Å². The lowest BCUT2D eigenvalue weighted by atomic mass is 10.1. The third-order valence-electron chi connectivity index (χ3n) is 6.37. The van der Waals surface area contributed by atoms with Crippen molar-refractivity contribution in [1.82, 2.24) is 9.66 Å². The van der Waals surface area contributed by atoms with Crippen LogP contribution in [0.4, 0.5) is 0 Å². The molecule has 3 aromatic carbocycles. The van der Waals surface area contributed by atoms with E-state index in [4.69, 9.17) is 23.6 Å². The molecule has 2 heterocycles. The van der Waals surface area contributed by atoms with Gasteiger partial charge in [-0.3, -0.25) is 4.79 Å². The number of furan rings is 1. The molecule has 0 aliphatic heterocycles. The van der Waals surface area contributed by atoms with E-state index in [1.54, 1.807) is 44.2 Å². The number of carbonyl (C=O) groups is 1. The van der Waals surface area contributed by atoms with Crippen molar-refractivity contribution >= 4 is 34.1 Å². The summed E-state index contributed by atoms with van der Waals surface area (Å²) in [5.41, 5.74) is 2.21. The maximum Gasteiger partial charge on any atom is 0.347 e. The first-order chi connectivity index (χ1) is 19.9. The van der Waals surface area contributed by atoms with Gasteiger partial charge in [0.1, 0.15) is 5.58 Å². The zero-order chi connectivity index (χ0) is 28.9. The lowest BCUT2D eigenvalue weighted by molar-refractivity contribution is -0.150. The van der Waals surface area contributed by atoms with Gasteiger partial charge < -0.3 is 18.6 Å². The van der Waals surface area contributed by atoms with Gasteiger partial charge >= 0.3 is 5.97 Å². The first-order valence-corrected chi connectivity index (χ1v) is 13.1. The highest BCUT2D eigenvalue weighted by Crippen LogP contribution is 2.34. The number of para-hydroxylation sites is 2. The monoisotopic (exact) mass is 551 g/mol. The second-order valence-electron chi connectivity index (χ2n) is 9.18. The molecule has 41 heavy (non-hydrogen) atoms. The first-order valence-electron chi connectivity index (χ1n) is 13.1. The van der Waals surface area contributed by atoms with Gasteiger partial charge in [-0.1, -0.05) is 36.4 Å². The summed E-state index contributed by atoms with van der Waals surface area (Å²) in [5.74, 6) is 0.988. The zero-order valence-electron chi connectivity index (χ0n) is 23.0. The fourth-order valence-corrected chi connectivity index (χ4v) is 4.44. The Labute approximate surface area is 236 Å². The van der Waals surface area contributed by atoms with Gasteiger partial charge in [-0.2, -0.15) is 9.78 Å². The summed E-state index contributed by atoms with van der Waals surface area (Å²) < 4.78 is 23.9. The zero-order valence-corrected chi connectivity index (χ0v) is 23.0. The Bertz CT molecular complexity index is 1800. The molecule has 0 spiro atoms. The lowest BCUT2D eigenvalue weighted by Gasteiger charge is -2.19. The number of rotatable bonds is 10. The van der Waals surface area contributed by atoms with Crippen LogP contribution in [-0.2, 0) is 16.0 Å². The number of allylic oxidation sites excluding steroid dienone is 1. The van der Waals surface area contributed by atoms with Crippen molar-refractivity contribution < 1.29 is 23.4 Å². The molecule has 0 saturated carbocycles. The van der Waals surface area contributed by atoms with Crippen LogP contribution in [0.25, 0.3) is 33.5 Å². The molecular weight excluding hydrogens is 522 g/mol. The lowest BCUT2D eigenvalue weighted by Crippen LogP contribution is -2.26. The largest absolute Gasteiger partial charge is 0.493 e. The molecule has 0 aliphatic rings. The number of benzene rings is 3. The molecule has 5 rings (SSSR count). The summed E-state index contributed by atoms with van der Waals surface area (Å²) in [6.07, 6.45) is 2.85. The highest BCUT2D eigenvalue weighted by Gasteiger charge is 2.21. The molecular formula is C32H29N3O6. The van der Waals surface area contributed by atoms with E-state index in [1.807, 2.05) is 42.5 Å². The molecule has 0 unspecified atom stereocenters. The number of nitrogens with zero attached hydrogens (tertiary/aromatic N) is 3. The predicted octanol–water partition coefficient (Wildman–Crippen LogP) is 5.76. The molecule has 208 valence electrons. The number of aromatic nitrogens is 2. The van der Waals surface area contributed by atoms with E-state index >= 15 is 0 Å². The van der Waals surface area contributed by atoms with Crippen LogP contribution < -0.4 is 15.0 Å². The first kappa shape index (κ1) is 27.4. The molecule has 1 atom stereocenters. The molecule has 9 nitrogen and oxygen atoms in total. The minimum atomic E-state index is -0.847. The van der Waals surface area contributed by atoms with E-state index in [2.05, 4.69) is 11.7 Å². The van der Waals surface area contributed by atoms with Gasteiger partial charge in [0, 0.05) is 10.9 Å². The van der Waals surface area contributed by atoms with Gasteiger partial charge in [-0.05, 0) is 62.2 Å². The van der Waals surface area contributed by atoms with Crippen molar-refractivity contribution in [3.63, 3.8) is 0 Å². The number of hydrogen-bond donors (Lipinski definition) is 0. The molecule has 0 amide bonds. The summed E-state index contributed by atoms with van der Waals surface area (Å²) in [4.78, 5) is 30.5. The molecule has 0 aliphatic carbocycles. The van der Waals surface area contributed by atoms with Crippen molar-refractivity contribution in [3.05, 3.63) is 101 Å². The normalized spacial score (nSPS) is 12.1. The molecule has 0 N–H and O–H groups in total. The van der Waals surface area contributed by atoms with Crippen molar-refractivity contribution in [2.24, 2.45) is 5.10 Å². The van der Waals surface area contributed by atoms with Crippen molar-refractivity contribution in [2.75, 3.05) is 13.7 Å². The van der Waals surface area contributed by atoms with Crippen molar-refractivity contribution in [1.29, 1.82) is 0 Å². The summed E-state index contributed by atoms with van der Waals surface area (Å²) in [6.45, 7) is 7.43. The number of fused-ring (bicyclic) bond motifs is 2. The summed E-state index contributed by atoms with van der Waals surface area (Å²) >= 11 is 0. The molecule has 0 fully saturated rings. The van der Waals surface area contributed by atoms with Crippen LogP contribution in [0.15, 0.2) is 93.7 Å². The Morgan fingerprint density at radius 2 is 1.93 bits per heavy atom. The summed E-state index contributed by atoms with van der Waals surface area (Å²) in [5, 5.41) is 5.86. The van der Waals surface area contributed by atoms with E-state index in [-0.39, 0.29) is 18.0 Å². The topological polar surface area (TPSA) is 105 Å². The van der Waals surface area contributed by atoms with E-state index in [9.17, 15) is 9.59 Å². The Balaban J connectivity index is 1.61. The number of hydrogen-bond acceptors (Lipinski definition) is 8. The third-order valence-corrected chi connectivity index (χ3v) is 6.37. The highest BCUT2D eigenvalue weighted by molar-refractivity contribution is 5.85. The van der Waals surface area contributed by atoms with Crippen LogP contribution in [0, 0.1) is 0 Å². The maximum atomic E-state index is 13.6. The molecule has 0 radical (unpaired) electrons. The van der Waals surface area contributed by atoms with E-state index < -0.39 is 12.1 Å². The van der Waals surface area contributed by atoms with E-state index in [0.29, 0.717) is 45.7 Å². The summed E-state index contributed by atoms with van der Waals surface area (Å²) in [7, 11) is 1.51. The van der Waals surface area contributed by atoms with Crippen molar-refractivity contribution in [3.8, 4) is 23.1 Å². The standard InChI is InChI=1S/C32H29N3O6/c1-5-11-23-16-21(17-27(38-4)29(23)40-20(3)32(37)39-6-2)19-33-35-30(28-18-22-12-7-10-15-26(22)41-28)34-25-14-9-8-13-24(25)31(35)36/h5,7-10,12-20H,1,6,11H2,2-4H3/t20-/m1/s1. The number of ether oxygens (including phenoxy) is 3. The Hall–Kier alpha value is -5.18. The quantitative estimate of drug-likeness (QED) is 0.123. The third kappa shape index (κ3) is 5.60. The van der Waals surface area contributed by atoms with Gasteiger partial charge in [0.2, 0.25) is 5.82 Å². The predicted molar refractivity (Wildman–Crippen MR) is 158 cm³/mol. The SMILES string of the molecule is C=CCc1cc(C=Nn2c(-c3cc4ccccc4o3)nc3ccccc3c2=O)cc(OC)c1O[C@H](C)C(=O)OCC. The molecule has 0 saturated heterocycles. The second kappa shape index (κ2) is 11.9. The number of methoxy groups -OCH3 is 1. The molecule has 2 aromatic heterocycles. The average molecular weight is 552 g/mol. The average Bonchev–Trinajstić information content (AvgIpc) is 3.42. The fraction of sp³-hybridized carbons (Fsp3) is 0.188. The fourth-order valence-electron chi connectivity index (χ4n) is 4.44. The Kier molecular flexibility index (Phi) is 7.96. The van der Waals surface area contributed by atoms with Crippen LogP contribution >= 0.6 is 0 Å². The van der Waals surface area contributed by atoms with Gasteiger partial charge in [-0.15, -0.1) is 6.58 Å². The Morgan fingerprint density at radius 3 is 2.68 bits per heavy atom. The van der Waals surface area contributed by atoms with Crippen LogP contribution in [0.1, 0.15) is 25.0 Å². The van der Waals surface area contributed by atoms with Crippen LogP contribution in [-0.4, -0.2) is 41.7 Å². The summed E-state index contributed by atoms with van der Waals surface area (Å²) in [6, 6.07) is 20.0. The van der Waals surface area contributed by atoms with E-state index in [1.165, 1.54) is 18.0 Å². The maximum absolute atomic E-state index is 13.6. The number of esters is 1. The smallest absolute Gasteiger partial charge is 0.347 e. The van der Waals surface area contributed by atoms with E-state index in [0.717, 1.165) is 10.9 Å². The minimum absolute atomic E-state index is 0.248. The molecule has 9 heteroatoms. The Morgan fingerprint density at radius 1 is 1.15 bits per heavy atom. The molecule has 0 bridgehead atoms.